The molecule has 0 radical (unpaired) electrons. The summed E-state index contributed by atoms with van der Waals surface area (Å²) in [5.41, 5.74) is -0.683. The number of hydrogen-bond acceptors (Lipinski definition) is 4. The van der Waals surface area contributed by atoms with Crippen molar-refractivity contribution in [2.24, 2.45) is 11.3 Å². The zero-order valence-corrected chi connectivity index (χ0v) is 20.8. The van der Waals surface area contributed by atoms with E-state index in [-0.39, 0.29) is 29.7 Å². The molecule has 1 aliphatic carbocycles. The van der Waals surface area contributed by atoms with Crippen molar-refractivity contribution in [1.29, 1.82) is 0 Å². The Morgan fingerprint density at radius 1 is 0.921 bits per heavy atom. The van der Waals surface area contributed by atoms with E-state index in [0.29, 0.717) is 22.6 Å². The van der Waals surface area contributed by atoms with E-state index in [2.05, 4.69) is 4.74 Å². The Hall–Kier alpha value is -2.20. The van der Waals surface area contributed by atoms with Gasteiger partial charge in [0.15, 0.2) is 0 Å². The van der Waals surface area contributed by atoms with E-state index in [1.54, 1.807) is 0 Å². The van der Waals surface area contributed by atoms with Crippen LogP contribution in [-0.4, -0.2) is 55.0 Å². The second kappa shape index (κ2) is 9.77. The summed E-state index contributed by atoms with van der Waals surface area (Å²) in [5, 5.41) is 0.232. The largest absolute Gasteiger partial charge is 0.465 e. The molecular weight excluding hydrogens is 574 g/mol. The molecule has 218 valence electrons. The summed E-state index contributed by atoms with van der Waals surface area (Å²) >= 11 is 0.436. The van der Waals surface area contributed by atoms with Crippen LogP contribution in [0.4, 0.5) is 57.7 Å². The third kappa shape index (κ3) is 4.83. The van der Waals surface area contributed by atoms with Crippen molar-refractivity contribution in [1.82, 2.24) is 0 Å². The monoisotopic (exact) mass is 595 g/mol. The Labute approximate surface area is 211 Å². The number of nitrogens with one attached hydrogen (secondary N) is 1. The van der Waals surface area contributed by atoms with E-state index in [1.165, 1.54) is 0 Å². The summed E-state index contributed by atoms with van der Waals surface area (Å²) in [7, 11) is 0.841. The summed E-state index contributed by atoms with van der Waals surface area (Å²) in [6.45, 7) is 5.61. The fourth-order valence-corrected chi connectivity index (χ4v) is 5.11. The minimum atomic E-state index is -7.85. The van der Waals surface area contributed by atoms with E-state index in [0.717, 1.165) is 12.4 Å². The van der Waals surface area contributed by atoms with Gasteiger partial charge in [0, 0.05) is 4.88 Å². The molecule has 0 spiro atoms. The van der Waals surface area contributed by atoms with Crippen LogP contribution in [0.5, 0.6) is 0 Å². The number of thiophene rings is 1. The van der Waals surface area contributed by atoms with Gasteiger partial charge in [-0.3, -0.25) is 4.79 Å². The summed E-state index contributed by atoms with van der Waals surface area (Å²) < 4.78 is 166. The van der Waals surface area contributed by atoms with Crippen LogP contribution in [-0.2, 0) is 22.4 Å². The van der Waals surface area contributed by atoms with Crippen LogP contribution in [0.25, 0.3) is 0 Å². The average Bonchev–Trinajstić information content (AvgIpc) is 3.14. The molecule has 1 heterocycles. The number of hydrogen-bond donors (Lipinski definition) is 1. The number of ether oxygens (including phenoxy) is 1. The van der Waals surface area contributed by atoms with Gasteiger partial charge >= 0.3 is 47.9 Å². The Bertz CT molecular complexity index is 1080. The Kier molecular flexibility index (Phi) is 8.23. The summed E-state index contributed by atoms with van der Waals surface area (Å²) in [4.78, 5) is 24.6. The lowest BCUT2D eigenvalue weighted by Crippen LogP contribution is -2.70. The molecule has 1 N–H and O–H groups in total. The van der Waals surface area contributed by atoms with Gasteiger partial charge in [0.1, 0.15) is 5.00 Å². The highest BCUT2D eigenvalue weighted by Crippen LogP contribution is 2.58. The molecule has 38 heavy (non-hydrogen) atoms. The number of alkyl halides is 12. The molecule has 0 saturated heterocycles. The predicted octanol–water partition coefficient (Wildman–Crippen LogP) is 7.07. The maximum Gasteiger partial charge on any atom is 0.393 e. The topological polar surface area (TPSA) is 55.4 Å². The highest BCUT2D eigenvalue weighted by molar-refractivity contribution is 7.17. The maximum atomic E-state index is 14.3. The van der Waals surface area contributed by atoms with Gasteiger partial charge < -0.3 is 10.1 Å². The molecule has 0 saturated carbocycles. The number of carbonyl (C=O) groups excluding carboxylic acids is 2. The summed E-state index contributed by atoms with van der Waals surface area (Å²) in [6.07, 6.45) is -4.84. The SMILES string of the molecule is COC(=O)c1c(NC(=O)C(F)(F)C(F)(F)C(F)(F)C(F)(F)C(F)(F)C(F)F)sc2c1CCC(C(C)(C)C)C2. The first-order valence-corrected chi connectivity index (χ1v) is 11.4. The Morgan fingerprint density at radius 3 is 1.89 bits per heavy atom. The Morgan fingerprint density at radius 2 is 1.45 bits per heavy atom. The first-order valence-electron chi connectivity index (χ1n) is 10.6. The fourth-order valence-electron chi connectivity index (χ4n) is 3.80. The molecule has 1 aromatic heterocycles. The van der Waals surface area contributed by atoms with Crippen LogP contribution in [0.2, 0.25) is 0 Å². The normalized spacial score (nSPS) is 17.9. The second-order valence-electron chi connectivity index (χ2n) is 9.68. The van der Waals surface area contributed by atoms with Crippen LogP contribution in [0.3, 0.4) is 0 Å². The predicted molar refractivity (Wildman–Crippen MR) is 110 cm³/mol. The molecule has 0 fully saturated rings. The standard InChI is InChI=1S/C21H21F12NO3S/c1-16(2,3)8-5-6-9-10(7-8)38-12(11(9)13(35)37-4)34-15(36)18(26,27)20(30,31)21(32,33)19(28,29)17(24,25)14(22)23/h8,14H,5-7H2,1-4H3,(H,34,36). The summed E-state index contributed by atoms with van der Waals surface area (Å²) in [6, 6.07) is 0. The van der Waals surface area contributed by atoms with Crippen molar-refractivity contribution in [3.8, 4) is 0 Å². The van der Waals surface area contributed by atoms with Gasteiger partial charge in [0.05, 0.1) is 12.7 Å². The van der Waals surface area contributed by atoms with Crippen molar-refractivity contribution in [3.05, 3.63) is 16.0 Å². The number of esters is 1. The molecule has 1 atom stereocenters. The van der Waals surface area contributed by atoms with Crippen molar-refractivity contribution in [2.75, 3.05) is 12.4 Å². The van der Waals surface area contributed by atoms with Crippen molar-refractivity contribution in [2.45, 2.75) is 76.1 Å². The summed E-state index contributed by atoms with van der Waals surface area (Å²) in [5.74, 6) is -41.9. The Balaban J connectivity index is 2.52. The van der Waals surface area contributed by atoms with Crippen molar-refractivity contribution in [3.63, 3.8) is 0 Å². The molecule has 0 aromatic carbocycles. The number of halogens is 12. The van der Waals surface area contributed by atoms with Crippen LogP contribution < -0.4 is 5.32 Å². The third-order valence-electron chi connectivity index (χ3n) is 6.27. The molecule has 1 amide bonds. The lowest BCUT2D eigenvalue weighted by atomic mass is 9.72. The lowest BCUT2D eigenvalue weighted by molar-refractivity contribution is -0.406. The molecule has 1 aromatic rings. The third-order valence-corrected chi connectivity index (χ3v) is 7.44. The number of anilines is 1. The van der Waals surface area contributed by atoms with E-state index in [9.17, 15) is 62.3 Å². The minimum absolute atomic E-state index is 0.0362. The first kappa shape index (κ1) is 32.0. The van der Waals surface area contributed by atoms with E-state index < -0.39 is 58.5 Å². The molecular formula is C21H21F12NO3S. The zero-order valence-electron chi connectivity index (χ0n) is 19.9. The van der Waals surface area contributed by atoms with Crippen LogP contribution >= 0.6 is 11.3 Å². The van der Waals surface area contributed by atoms with Gasteiger partial charge in [0.25, 0.3) is 0 Å². The van der Waals surface area contributed by atoms with Gasteiger partial charge in [-0.2, -0.15) is 43.9 Å². The van der Waals surface area contributed by atoms with Crippen LogP contribution in [0.15, 0.2) is 0 Å². The number of rotatable bonds is 8. The molecule has 1 aliphatic rings. The first-order chi connectivity index (χ1) is 16.9. The van der Waals surface area contributed by atoms with E-state index in [1.807, 2.05) is 20.8 Å². The number of methoxy groups -OCH3 is 1. The van der Waals surface area contributed by atoms with E-state index in [4.69, 9.17) is 0 Å². The number of fused-ring (bicyclic) bond motifs is 1. The smallest absolute Gasteiger partial charge is 0.393 e. The second-order valence-corrected chi connectivity index (χ2v) is 10.8. The maximum absolute atomic E-state index is 14.3. The zero-order chi connectivity index (χ0) is 29.9. The van der Waals surface area contributed by atoms with Gasteiger partial charge in [0.2, 0.25) is 0 Å². The lowest BCUT2D eigenvalue weighted by Gasteiger charge is -2.38. The highest BCUT2D eigenvalue weighted by atomic mass is 32.1. The van der Waals surface area contributed by atoms with Gasteiger partial charge in [-0.25, -0.2) is 13.6 Å². The molecule has 1 unspecified atom stereocenters. The highest BCUT2D eigenvalue weighted by Gasteiger charge is 2.89. The fraction of sp³-hybridized carbons (Fsp3) is 0.714. The van der Waals surface area contributed by atoms with Gasteiger partial charge in [-0.1, -0.05) is 20.8 Å². The quantitative estimate of drug-likeness (QED) is 0.259. The number of amides is 1. The van der Waals surface area contributed by atoms with Crippen molar-refractivity contribution < 1.29 is 67.0 Å². The molecule has 0 bridgehead atoms. The average molecular weight is 595 g/mol. The van der Waals surface area contributed by atoms with Gasteiger partial charge in [-0.15, -0.1) is 11.3 Å². The van der Waals surface area contributed by atoms with Gasteiger partial charge in [-0.05, 0) is 36.2 Å². The van der Waals surface area contributed by atoms with Crippen molar-refractivity contribution >= 4 is 28.2 Å². The molecule has 4 nitrogen and oxygen atoms in total. The van der Waals surface area contributed by atoms with E-state index >= 15 is 0 Å². The van der Waals surface area contributed by atoms with Crippen LogP contribution in [0.1, 0.15) is 48.0 Å². The molecule has 0 aliphatic heterocycles. The molecule has 2 rings (SSSR count). The minimum Gasteiger partial charge on any atom is -0.465 e. The molecule has 17 heteroatoms. The van der Waals surface area contributed by atoms with Crippen LogP contribution in [0, 0.1) is 11.3 Å². The number of carbonyl (C=O) groups is 2.